The average Bonchev–Trinajstić information content (AvgIpc) is 2.51. The van der Waals surface area contributed by atoms with E-state index in [1.165, 1.54) is 13.8 Å². The highest BCUT2D eigenvalue weighted by Gasteiger charge is 2.24. The number of hydrogen-bond donors (Lipinski definition) is 1. The molecule has 0 saturated carbocycles. The molecule has 0 bridgehead atoms. The van der Waals surface area contributed by atoms with Crippen molar-refractivity contribution in [2.75, 3.05) is 25.2 Å². The predicted octanol–water partition coefficient (Wildman–Crippen LogP) is 2.45. The van der Waals surface area contributed by atoms with Crippen molar-refractivity contribution in [2.24, 2.45) is 0 Å². The van der Waals surface area contributed by atoms with E-state index in [9.17, 15) is 14.7 Å². The Bertz CT molecular complexity index is 505. The van der Waals surface area contributed by atoms with Gasteiger partial charge >= 0.3 is 5.97 Å². The normalized spacial score (nSPS) is 11.3. The third-order valence-electron chi connectivity index (χ3n) is 3.04. The third kappa shape index (κ3) is 7.63. The first kappa shape index (κ1) is 19.7. The molecule has 0 aliphatic heterocycles. The maximum Gasteiger partial charge on any atom is 0.306 e. The van der Waals surface area contributed by atoms with E-state index in [1.54, 1.807) is 36.0 Å². The van der Waals surface area contributed by atoms with Gasteiger partial charge in [-0.3, -0.25) is 9.59 Å². The highest BCUT2D eigenvalue weighted by Crippen LogP contribution is 2.14. The van der Waals surface area contributed by atoms with Crippen LogP contribution in [0, 0.1) is 0 Å². The molecule has 0 aromatic heterocycles. The minimum Gasteiger partial charge on any atom is -0.463 e. The number of ether oxygens (including phenoxy) is 2. The van der Waals surface area contributed by atoms with Crippen molar-refractivity contribution >= 4 is 23.5 Å². The van der Waals surface area contributed by atoms with Gasteiger partial charge in [0.25, 0.3) is 0 Å². The van der Waals surface area contributed by atoms with Gasteiger partial charge in [-0.05, 0) is 25.7 Å². The Hall–Kier alpha value is -1.37. The van der Waals surface area contributed by atoms with Crippen LogP contribution in [0.5, 0.6) is 0 Å². The van der Waals surface area contributed by atoms with Gasteiger partial charge in [-0.1, -0.05) is 24.3 Å². The molecule has 0 spiro atoms. The number of aliphatic hydroxyl groups is 1. The summed E-state index contributed by atoms with van der Waals surface area (Å²) in [6, 6.07) is 6.90. The monoisotopic (exact) mass is 340 g/mol. The van der Waals surface area contributed by atoms with Gasteiger partial charge in [0.1, 0.15) is 12.2 Å². The van der Waals surface area contributed by atoms with Crippen molar-refractivity contribution in [2.45, 2.75) is 32.5 Å². The number of thioether (sulfide) groups is 1. The van der Waals surface area contributed by atoms with Gasteiger partial charge in [0.05, 0.1) is 19.6 Å². The first-order valence-corrected chi connectivity index (χ1v) is 8.82. The van der Waals surface area contributed by atoms with Crippen LogP contribution in [-0.4, -0.2) is 47.7 Å². The molecule has 0 radical (unpaired) electrons. The van der Waals surface area contributed by atoms with Crippen LogP contribution in [0.2, 0.25) is 0 Å². The second-order valence-corrected chi connectivity index (χ2v) is 6.59. The summed E-state index contributed by atoms with van der Waals surface area (Å²) in [7, 11) is 0. The molecule has 1 N–H and O–H groups in total. The lowest BCUT2D eigenvalue weighted by molar-refractivity contribution is -0.144. The molecule has 1 aromatic rings. The number of Topliss-reactive ketones (excluding diaryl/α,β-unsaturated/α-hetero) is 1. The Labute approximate surface area is 141 Å². The molecule has 0 heterocycles. The highest BCUT2D eigenvalue weighted by atomic mass is 32.2. The number of carbonyl (C=O) groups is 2. The summed E-state index contributed by atoms with van der Waals surface area (Å²) >= 11 is 1.60. The molecule has 0 unspecified atom stereocenters. The van der Waals surface area contributed by atoms with Crippen LogP contribution in [0.1, 0.15) is 36.2 Å². The lowest BCUT2D eigenvalue weighted by Gasteiger charge is -2.15. The number of benzene rings is 1. The van der Waals surface area contributed by atoms with Crippen molar-refractivity contribution in [3.8, 4) is 0 Å². The van der Waals surface area contributed by atoms with Crippen LogP contribution >= 0.6 is 11.8 Å². The van der Waals surface area contributed by atoms with Crippen molar-refractivity contribution in [1.82, 2.24) is 0 Å². The zero-order chi connectivity index (χ0) is 17.3. The molecular weight excluding hydrogens is 316 g/mol. The standard InChI is InChI=1S/C17H24O5S/c1-17(2,20)16(19)14-6-4-13(5-7-14)12-21-9-10-22-15(18)8-11-23-3/h4-7,20H,8-12H2,1-3H3. The van der Waals surface area contributed by atoms with Gasteiger partial charge in [-0.25, -0.2) is 0 Å². The number of carbonyl (C=O) groups excluding carboxylic acids is 2. The number of hydrogen-bond acceptors (Lipinski definition) is 6. The van der Waals surface area contributed by atoms with Crippen LogP contribution in [-0.2, 0) is 20.9 Å². The molecule has 0 aliphatic carbocycles. The lowest BCUT2D eigenvalue weighted by Crippen LogP contribution is -2.31. The minimum atomic E-state index is -1.38. The quantitative estimate of drug-likeness (QED) is 0.401. The molecule has 0 aliphatic rings. The van der Waals surface area contributed by atoms with Crippen molar-refractivity contribution in [1.29, 1.82) is 0 Å². The third-order valence-corrected chi connectivity index (χ3v) is 3.65. The molecule has 23 heavy (non-hydrogen) atoms. The van der Waals surface area contributed by atoms with Crippen LogP contribution in [0.4, 0.5) is 0 Å². The Morgan fingerprint density at radius 3 is 2.39 bits per heavy atom. The minimum absolute atomic E-state index is 0.211. The summed E-state index contributed by atoms with van der Waals surface area (Å²) in [5.74, 6) is 0.231. The van der Waals surface area contributed by atoms with E-state index in [1.807, 2.05) is 6.26 Å². The van der Waals surface area contributed by atoms with E-state index in [4.69, 9.17) is 9.47 Å². The van der Waals surface area contributed by atoms with Crippen LogP contribution < -0.4 is 0 Å². The van der Waals surface area contributed by atoms with Gasteiger partial charge in [-0.2, -0.15) is 11.8 Å². The Balaban J connectivity index is 2.29. The molecule has 1 rings (SSSR count). The van der Waals surface area contributed by atoms with E-state index in [0.29, 0.717) is 25.2 Å². The molecule has 6 heteroatoms. The average molecular weight is 340 g/mol. The van der Waals surface area contributed by atoms with E-state index in [-0.39, 0.29) is 18.4 Å². The van der Waals surface area contributed by atoms with Gasteiger partial charge < -0.3 is 14.6 Å². The second kappa shape index (κ2) is 9.70. The SMILES string of the molecule is CSCCC(=O)OCCOCc1ccc(C(=O)C(C)(C)O)cc1. The Morgan fingerprint density at radius 2 is 1.83 bits per heavy atom. The summed E-state index contributed by atoms with van der Waals surface area (Å²) in [6.45, 7) is 3.87. The van der Waals surface area contributed by atoms with Gasteiger partial charge in [0, 0.05) is 11.3 Å². The molecule has 128 valence electrons. The fourth-order valence-electron chi connectivity index (χ4n) is 1.77. The van der Waals surface area contributed by atoms with Crippen LogP contribution in [0.15, 0.2) is 24.3 Å². The fourth-order valence-corrected chi connectivity index (χ4v) is 2.14. The van der Waals surface area contributed by atoms with Crippen LogP contribution in [0.25, 0.3) is 0 Å². The maximum atomic E-state index is 11.9. The molecule has 1 aromatic carbocycles. The molecule has 5 nitrogen and oxygen atoms in total. The van der Waals surface area contributed by atoms with Crippen LogP contribution in [0.3, 0.4) is 0 Å². The highest BCUT2D eigenvalue weighted by molar-refractivity contribution is 7.98. The van der Waals surface area contributed by atoms with E-state index in [0.717, 1.165) is 11.3 Å². The van der Waals surface area contributed by atoms with Crippen molar-refractivity contribution < 1.29 is 24.2 Å². The summed E-state index contributed by atoms with van der Waals surface area (Å²) in [6.07, 6.45) is 2.36. The number of ketones is 1. The summed E-state index contributed by atoms with van der Waals surface area (Å²) < 4.78 is 10.4. The second-order valence-electron chi connectivity index (χ2n) is 5.60. The summed E-state index contributed by atoms with van der Waals surface area (Å²) in [5.41, 5.74) is -0.00646. The zero-order valence-corrected chi connectivity index (χ0v) is 14.6. The van der Waals surface area contributed by atoms with E-state index in [2.05, 4.69) is 0 Å². The molecular formula is C17H24O5S. The molecule has 0 atom stereocenters. The van der Waals surface area contributed by atoms with Gasteiger partial charge in [0.2, 0.25) is 0 Å². The first-order chi connectivity index (χ1) is 10.8. The van der Waals surface area contributed by atoms with Gasteiger partial charge in [-0.15, -0.1) is 0 Å². The first-order valence-electron chi connectivity index (χ1n) is 7.43. The summed E-state index contributed by atoms with van der Waals surface area (Å²) in [4.78, 5) is 23.2. The Morgan fingerprint density at radius 1 is 1.17 bits per heavy atom. The van der Waals surface area contributed by atoms with Crippen molar-refractivity contribution in [3.05, 3.63) is 35.4 Å². The van der Waals surface area contributed by atoms with Gasteiger partial charge in [0.15, 0.2) is 5.78 Å². The smallest absolute Gasteiger partial charge is 0.306 e. The molecule has 0 saturated heterocycles. The lowest BCUT2D eigenvalue weighted by atomic mass is 9.96. The summed E-state index contributed by atoms with van der Waals surface area (Å²) in [5, 5.41) is 9.69. The number of esters is 1. The molecule has 0 fully saturated rings. The maximum absolute atomic E-state index is 11.9. The van der Waals surface area contributed by atoms with Crippen molar-refractivity contribution in [3.63, 3.8) is 0 Å². The molecule has 0 amide bonds. The fraction of sp³-hybridized carbons (Fsp3) is 0.529. The largest absolute Gasteiger partial charge is 0.463 e. The van der Waals surface area contributed by atoms with E-state index < -0.39 is 5.60 Å². The Kier molecular flexibility index (Phi) is 8.30. The predicted molar refractivity (Wildman–Crippen MR) is 90.7 cm³/mol. The van der Waals surface area contributed by atoms with E-state index >= 15 is 0 Å². The number of rotatable bonds is 10. The topological polar surface area (TPSA) is 72.8 Å². The zero-order valence-electron chi connectivity index (χ0n) is 13.8.